The fraction of sp³-hybridized carbons (Fsp3) is 0.818. The van der Waals surface area contributed by atoms with Crippen LogP contribution in [0.2, 0.25) is 0 Å². The third kappa shape index (κ3) is 149. The Hall–Kier alpha value is -0.0257. The molecule has 92 valence electrons. The molecule has 0 atom stereocenters. The molecule has 0 aliphatic rings. The van der Waals surface area contributed by atoms with Crippen molar-refractivity contribution in [3.63, 3.8) is 0 Å². The third-order valence-electron chi connectivity index (χ3n) is 0.498. The van der Waals surface area contributed by atoms with Crippen LogP contribution >= 0.6 is 0 Å². The Labute approximate surface area is 113 Å². The molecule has 0 bridgehead atoms. The summed E-state index contributed by atoms with van der Waals surface area (Å²) in [5, 5.41) is 16.1. The number of hydrogen-bond donors (Lipinski definition) is 2. The van der Waals surface area contributed by atoms with Crippen molar-refractivity contribution in [2.75, 3.05) is 0 Å². The van der Waals surface area contributed by atoms with Gasteiger partial charge in [-0.1, -0.05) is 0 Å². The van der Waals surface area contributed by atoms with Crippen molar-refractivity contribution in [3.05, 3.63) is 0 Å². The Kier molecular flexibility index (Phi) is 27.1. The molecule has 0 radical (unpaired) electrons. The molecule has 0 spiro atoms. The molecular formula is C11H24O4Ti+4. The average Bonchev–Trinajstić information content (AvgIpc) is 1.78. The van der Waals surface area contributed by atoms with Crippen LogP contribution in [0.1, 0.15) is 48.0 Å². The van der Waals surface area contributed by atoms with Crippen molar-refractivity contribution in [2.24, 2.45) is 0 Å². The van der Waals surface area contributed by atoms with Crippen LogP contribution < -0.4 is 0 Å². The van der Waals surface area contributed by atoms with E-state index >= 15 is 0 Å². The first kappa shape index (κ1) is 25.0. The van der Waals surface area contributed by atoms with E-state index in [1.165, 1.54) is 13.8 Å². The Morgan fingerprint density at radius 3 is 1.00 bits per heavy atom. The minimum atomic E-state index is -0.167. The van der Waals surface area contributed by atoms with Gasteiger partial charge in [-0.2, -0.15) is 0 Å². The zero-order valence-electron chi connectivity index (χ0n) is 11.1. The summed E-state index contributed by atoms with van der Waals surface area (Å²) in [7, 11) is 0. The summed E-state index contributed by atoms with van der Waals surface area (Å²) in [6.45, 7) is 9.70. The molecule has 0 aliphatic heterocycles. The minimum Gasteiger partial charge on any atom is -0.394 e. The maximum atomic E-state index is 10.0. The molecule has 4 nitrogen and oxygen atoms in total. The van der Waals surface area contributed by atoms with Gasteiger partial charge in [-0.15, -0.1) is 0 Å². The minimum absolute atomic E-state index is 0. The summed E-state index contributed by atoms with van der Waals surface area (Å²) >= 11 is 0. The molecule has 0 aliphatic carbocycles. The van der Waals surface area contributed by atoms with Crippen molar-refractivity contribution in [1.82, 2.24) is 0 Å². The number of carbonyl (C=O) groups is 2. The molecule has 0 aromatic heterocycles. The molecule has 0 unspecified atom stereocenters. The van der Waals surface area contributed by atoms with Crippen LogP contribution in [-0.2, 0) is 31.3 Å². The number of rotatable bonds is 2. The first-order valence-electron chi connectivity index (χ1n) is 4.94. The Morgan fingerprint density at radius 2 is 1.00 bits per heavy atom. The molecule has 0 heterocycles. The summed E-state index contributed by atoms with van der Waals surface area (Å²) < 4.78 is 0. The van der Waals surface area contributed by atoms with Gasteiger partial charge in [0, 0.05) is 12.2 Å². The predicted octanol–water partition coefficient (Wildman–Crippen LogP) is 1.33. The summed E-state index contributed by atoms with van der Waals surface area (Å²) in [6, 6.07) is 0. The Bertz CT molecular complexity index is 144. The molecule has 2 N–H and O–H groups in total. The second-order valence-corrected chi connectivity index (χ2v) is 3.77. The monoisotopic (exact) mass is 268 g/mol. The van der Waals surface area contributed by atoms with Crippen LogP contribution in [0.15, 0.2) is 0 Å². The molecule has 0 aromatic rings. The molecule has 0 amide bonds. The molecular weight excluding hydrogens is 244 g/mol. The van der Waals surface area contributed by atoms with E-state index in [0.29, 0.717) is 0 Å². The fourth-order valence-electron chi connectivity index (χ4n) is 0.351. The van der Waals surface area contributed by atoms with Gasteiger partial charge >= 0.3 is 21.7 Å². The Morgan fingerprint density at radius 1 is 0.875 bits per heavy atom. The first-order chi connectivity index (χ1) is 6.59. The van der Waals surface area contributed by atoms with Gasteiger partial charge in [0.15, 0.2) is 0 Å². The number of carbonyl (C=O) groups excluding carboxylic acids is 2. The van der Waals surface area contributed by atoms with Gasteiger partial charge in [0.25, 0.3) is 0 Å². The van der Waals surface area contributed by atoms with E-state index in [-0.39, 0.29) is 51.9 Å². The predicted molar refractivity (Wildman–Crippen MR) is 60.7 cm³/mol. The summed E-state index contributed by atoms with van der Waals surface area (Å²) in [5.41, 5.74) is 0. The second-order valence-electron chi connectivity index (χ2n) is 3.77. The van der Waals surface area contributed by atoms with E-state index in [2.05, 4.69) is 0 Å². The van der Waals surface area contributed by atoms with E-state index < -0.39 is 0 Å². The van der Waals surface area contributed by atoms with Gasteiger partial charge < -0.3 is 10.2 Å². The van der Waals surface area contributed by atoms with Crippen molar-refractivity contribution in [2.45, 2.75) is 60.2 Å². The fourth-order valence-corrected chi connectivity index (χ4v) is 0.351. The largest absolute Gasteiger partial charge is 4.00 e. The molecule has 0 saturated heterocycles. The average molecular weight is 268 g/mol. The number of aliphatic hydroxyl groups is 2. The van der Waals surface area contributed by atoms with Gasteiger partial charge in [0.1, 0.15) is 11.6 Å². The third-order valence-corrected chi connectivity index (χ3v) is 0.498. The molecule has 0 aromatic carbocycles. The van der Waals surface area contributed by atoms with Gasteiger partial charge in [-0.3, -0.25) is 9.59 Å². The van der Waals surface area contributed by atoms with Crippen LogP contribution in [0.4, 0.5) is 0 Å². The molecule has 0 fully saturated rings. The second kappa shape index (κ2) is 17.4. The quantitative estimate of drug-likeness (QED) is 0.585. The molecule has 0 rings (SSSR count). The van der Waals surface area contributed by atoms with Gasteiger partial charge in [0.2, 0.25) is 0 Å². The summed E-state index contributed by atoms with van der Waals surface area (Å²) in [4.78, 5) is 20.1. The standard InChI is InChI=1S/C5H8O2.2C3H8O.Ti/c1-4(6)3-5(2)7;2*1-3(2)4;/h3H2,1-2H3;2*3-4H,1-2H3;/q;;;+4. The van der Waals surface area contributed by atoms with Crippen molar-refractivity contribution in [1.29, 1.82) is 0 Å². The van der Waals surface area contributed by atoms with E-state index in [1.54, 1.807) is 27.7 Å². The molecule has 16 heavy (non-hydrogen) atoms. The summed E-state index contributed by atoms with van der Waals surface area (Å²) in [6.07, 6.45) is -0.250. The van der Waals surface area contributed by atoms with Crippen molar-refractivity contribution < 1.29 is 41.5 Å². The van der Waals surface area contributed by atoms with Crippen LogP contribution in [0.3, 0.4) is 0 Å². The zero-order valence-corrected chi connectivity index (χ0v) is 12.6. The number of ketones is 2. The van der Waals surface area contributed by atoms with E-state index in [0.717, 1.165) is 0 Å². The van der Waals surface area contributed by atoms with Gasteiger partial charge in [-0.05, 0) is 41.5 Å². The van der Waals surface area contributed by atoms with Crippen LogP contribution in [0.5, 0.6) is 0 Å². The number of hydrogen-bond acceptors (Lipinski definition) is 4. The van der Waals surface area contributed by atoms with Crippen molar-refractivity contribution >= 4 is 11.6 Å². The van der Waals surface area contributed by atoms with E-state index in [4.69, 9.17) is 10.2 Å². The Balaban J connectivity index is -0.0000000700. The maximum Gasteiger partial charge on any atom is 4.00 e. The normalized spacial score (nSPS) is 8.12. The SMILES string of the molecule is CC(=O)CC(C)=O.CC(C)O.CC(C)O.[Ti+4]. The topological polar surface area (TPSA) is 74.6 Å². The van der Waals surface area contributed by atoms with Gasteiger partial charge in [0.05, 0.1) is 6.42 Å². The summed E-state index contributed by atoms with van der Waals surface area (Å²) in [5.74, 6) is -0.125. The van der Waals surface area contributed by atoms with Gasteiger partial charge in [-0.25, -0.2) is 0 Å². The smallest absolute Gasteiger partial charge is 0.394 e. The first-order valence-corrected chi connectivity index (χ1v) is 4.94. The van der Waals surface area contributed by atoms with Crippen LogP contribution in [0.25, 0.3) is 0 Å². The number of aliphatic hydroxyl groups excluding tert-OH is 2. The van der Waals surface area contributed by atoms with Crippen LogP contribution in [0, 0.1) is 0 Å². The molecule has 5 heteroatoms. The number of Topliss-reactive ketones (excluding diaryl/α,β-unsaturated/α-hetero) is 2. The molecule has 0 saturated carbocycles. The van der Waals surface area contributed by atoms with E-state index in [9.17, 15) is 9.59 Å². The van der Waals surface area contributed by atoms with E-state index in [1.807, 2.05) is 0 Å². The zero-order chi connectivity index (χ0) is 13.0. The maximum absolute atomic E-state index is 10.0. The van der Waals surface area contributed by atoms with Crippen LogP contribution in [-0.4, -0.2) is 34.0 Å². The van der Waals surface area contributed by atoms with Crippen molar-refractivity contribution in [3.8, 4) is 0 Å².